The van der Waals surface area contributed by atoms with Crippen LogP contribution in [-0.4, -0.2) is 27.6 Å². The highest BCUT2D eigenvalue weighted by Crippen LogP contribution is 2.37. The van der Waals surface area contributed by atoms with Crippen molar-refractivity contribution >= 4 is 20.9 Å². The molecule has 1 N–H and O–H groups in total. The van der Waals surface area contributed by atoms with Gasteiger partial charge in [0.2, 0.25) is 15.9 Å². The van der Waals surface area contributed by atoms with Crippen molar-refractivity contribution in [2.75, 3.05) is 14.2 Å². The molecule has 176 valence electrons. The number of rotatable bonds is 6. The Balaban J connectivity index is 1.80. The first-order valence-electron chi connectivity index (χ1n) is 9.98. The van der Waals surface area contributed by atoms with E-state index in [1.807, 2.05) is 12.1 Å². The van der Waals surface area contributed by atoms with E-state index >= 15 is 0 Å². The quantitative estimate of drug-likeness (QED) is 0.381. The Morgan fingerprint density at radius 2 is 1.65 bits per heavy atom. The lowest BCUT2D eigenvalue weighted by atomic mass is 10.0. The van der Waals surface area contributed by atoms with Crippen LogP contribution >= 0.6 is 0 Å². The molecular weight excluding hydrogens is 469 g/mol. The number of fused-ring (bicyclic) bond motifs is 1. The van der Waals surface area contributed by atoms with Crippen molar-refractivity contribution in [2.24, 2.45) is 0 Å². The highest BCUT2D eigenvalue weighted by molar-refractivity contribution is 7.89. The van der Waals surface area contributed by atoms with Gasteiger partial charge in [0.15, 0.2) is 0 Å². The number of aromatic nitrogens is 1. The predicted octanol–water partition coefficient (Wildman–Crippen LogP) is 5.63. The van der Waals surface area contributed by atoms with E-state index < -0.39 is 21.8 Å². The van der Waals surface area contributed by atoms with Crippen LogP contribution < -0.4 is 14.2 Å². The largest absolute Gasteiger partial charge is 0.481 e. The number of hydrogen-bond donors (Lipinski definition) is 1. The van der Waals surface area contributed by atoms with E-state index in [2.05, 4.69) is 9.71 Å². The summed E-state index contributed by atoms with van der Waals surface area (Å²) in [4.78, 5) is 4.38. The Morgan fingerprint density at radius 3 is 2.29 bits per heavy atom. The van der Waals surface area contributed by atoms with Gasteiger partial charge in [-0.15, -0.1) is 0 Å². The lowest BCUT2D eigenvalue weighted by Gasteiger charge is -2.15. The summed E-state index contributed by atoms with van der Waals surface area (Å²) < 4.78 is 76.7. The molecule has 0 fully saturated rings. The zero-order chi connectivity index (χ0) is 24.5. The van der Waals surface area contributed by atoms with Crippen molar-refractivity contribution in [3.05, 3.63) is 78.4 Å². The summed E-state index contributed by atoms with van der Waals surface area (Å²) in [6.45, 7) is 0. The van der Waals surface area contributed by atoms with E-state index in [-0.39, 0.29) is 16.4 Å². The monoisotopic (exact) mass is 488 g/mol. The van der Waals surface area contributed by atoms with Crippen LogP contribution in [0, 0.1) is 0 Å². The maximum absolute atomic E-state index is 12.9. The minimum atomic E-state index is -4.46. The third-order valence-electron chi connectivity index (χ3n) is 5.12. The number of nitrogens with zero attached hydrogens (tertiary/aromatic N) is 1. The SMILES string of the molecule is CNS(=O)(=O)c1ccc(Oc2ccc(C(F)(F)F)cc2)c(-c2ccc3nc(OC)ccc3c2)c1. The molecule has 10 heteroatoms. The molecule has 0 amide bonds. The average molecular weight is 488 g/mol. The van der Waals surface area contributed by atoms with E-state index in [4.69, 9.17) is 9.47 Å². The molecule has 1 aromatic heterocycles. The molecule has 0 aliphatic rings. The zero-order valence-electron chi connectivity index (χ0n) is 18.1. The van der Waals surface area contributed by atoms with Crippen LogP contribution in [0.5, 0.6) is 17.4 Å². The van der Waals surface area contributed by atoms with E-state index in [9.17, 15) is 21.6 Å². The summed E-state index contributed by atoms with van der Waals surface area (Å²) in [7, 11) is -0.934. The van der Waals surface area contributed by atoms with Crippen LogP contribution in [0.15, 0.2) is 77.7 Å². The van der Waals surface area contributed by atoms with Crippen LogP contribution in [0.4, 0.5) is 13.2 Å². The number of nitrogens with one attached hydrogen (secondary N) is 1. The second kappa shape index (κ2) is 8.96. The number of sulfonamides is 1. The Morgan fingerprint density at radius 1 is 0.912 bits per heavy atom. The number of alkyl halides is 3. The number of ether oxygens (including phenoxy) is 2. The maximum Gasteiger partial charge on any atom is 0.416 e. The average Bonchev–Trinajstić information content (AvgIpc) is 2.83. The molecule has 0 radical (unpaired) electrons. The summed E-state index contributed by atoms with van der Waals surface area (Å²) >= 11 is 0. The number of methoxy groups -OCH3 is 1. The first kappa shape index (κ1) is 23.5. The molecule has 34 heavy (non-hydrogen) atoms. The summed E-state index contributed by atoms with van der Waals surface area (Å²) in [6, 6.07) is 17.4. The first-order valence-corrected chi connectivity index (χ1v) is 11.5. The van der Waals surface area contributed by atoms with Crippen LogP contribution in [0.25, 0.3) is 22.0 Å². The maximum atomic E-state index is 12.9. The Bertz CT molecular complexity index is 1450. The zero-order valence-corrected chi connectivity index (χ0v) is 18.9. The van der Waals surface area contributed by atoms with Gasteiger partial charge in [0, 0.05) is 17.0 Å². The van der Waals surface area contributed by atoms with Gasteiger partial charge in [-0.05, 0) is 73.3 Å². The van der Waals surface area contributed by atoms with Gasteiger partial charge in [0.1, 0.15) is 11.5 Å². The molecule has 1 heterocycles. The van der Waals surface area contributed by atoms with Crippen LogP contribution in [0.2, 0.25) is 0 Å². The molecule has 0 saturated carbocycles. The second-order valence-electron chi connectivity index (χ2n) is 7.25. The molecule has 4 rings (SSSR count). The molecule has 3 aromatic carbocycles. The predicted molar refractivity (Wildman–Crippen MR) is 121 cm³/mol. The summed E-state index contributed by atoms with van der Waals surface area (Å²) in [5, 5.41) is 0.778. The Kier molecular flexibility index (Phi) is 6.20. The standard InChI is InChI=1S/C24H19F3N2O4S/c1-28-34(30,31)19-9-11-22(33-18-7-5-17(6-8-18)24(25,26)27)20(14-19)15-3-10-21-16(13-15)4-12-23(29-21)32-2/h3-14,28H,1-2H3. The molecule has 0 spiro atoms. The minimum Gasteiger partial charge on any atom is -0.481 e. The van der Waals surface area contributed by atoms with Crippen molar-refractivity contribution in [2.45, 2.75) is 11.1 Å². The third kappa shape index (κ3) is 4.82. The topological polar surface area (TPSA) is 77.5 Å². The third-order valence-corrected chi connectivity index (χ3v) is 6.54. The van der Waals surface area contributed by atoms with Crippen LogP contribution in [0.3, 0.4) is 0 Å². The number of halogens is 3. The van der Waals surface area contributed by atoms with Gasteiger partial charge in [-0.25, -0.2) is 18.1 Å². The van der Waals surface area contributed by atoms with Gasteiger partial charge in [-0.3, -0.25) is 0 Å². The van der Waals surface area contributed by atoms with Crippen molar-refractivity contribution in [1.29, 1.82) is 0 Å². The molecule has 0 aliphatic carbocycles. The van der Waals surface area contributed by atoms with E-state index in [0.29, 0.717) is 22.5 Å². The van der Waals surface area contributed by atoms with Crippen molar-refractivity contribution < 1.29 is 31.1 Å². The summed E-state index contributed by atoms with van der Waals surface area (Å²) in [5.41, 5.74) is 0.948. The van der Waals surface area contributed by atoms with E-state index in [1.54, 1.807) is 18.2 Å². The molecule has 0 unspecified atom stereocenters. The lowest BCUT2D eigenvalue weighted by Crippen LogP contribution is -2.18. The van der Waals surface area contributed by atoms with Gasteiger partial charge in [0.05, 0.1) is 23.1 Å². The molecule has 4 aromatic rings. The van der Waals surface area contributed by atoms with Crippen molar-refractivity contribution in [3.63, 3.8) is 0 Å². The van der Waals surface area contributed by atoms with Gasteiger partial charge in [-0.1, -0.05) is 6.07 Å². The van der Waals surface area contributed by atoms with Gasteiger partial charge >= 0.3 is 6.18 Å². The lowest BCUT2D eigenvalue weighted by molar-refractivity contribution is -0.137. The van der Waals surface area contributed by atoms with Crippen molar-refractivity contribution in [1.82, 2.24) is 9.71 Å². The number of pyridine rings is 1. The molecule has 0 bridgehead atoms. The molecule has 0 saturated heterocycles. The normalized spacial score (nSPS) is 12.0. The molecule has 0 atom stereocenters. The second-order valence-corrected chi connectivity index (χ2v) is 9.14. The summed E-state index contributed by atoms with van der Waals surface area (Å²) in [6.07, 6.45) is -4.46. The summed E-state index contributed by atoms with van der Waals surface area (Å²) in [5.74, 6) is 0.898. The van der Waals surface area contributed by atoms with Gasteiger partial charge in [-0.2, -0.15) is 13.2 Å². The smallest absolute Gasteiger partial charge is 0.416 e. The van der Waals surface area contributed by atoms with Crippen molar-refractivity contribution in [3.8, 4) is 28.5 Å². The highest BCUT2D eigenvalue weighted by Gasteiger charge is 2.30. The molecular formula is C24H19F3N2O4S. The first-order chi connectivity index (χ1) is 16.1. The number of benzene rings is 3. The molecule has 0 aliphatic heterocycles. The van der Waals surface area contributed by atoms with Crippen LogP contribution in [0.1, 0.15) is 5.56 Å². The molecule has 6 nitrogen and oxygen atoms in total. The Hall–Kier alpha value is -3.63. The fourth-order valence-corrected chi connectivity index (χ4v) is 4.09. The minimum absolute atomic E-state index is 0.0118. The van der Waals surface area contributed by atoms with E-state index in [0.717, 1.165) is 17.5 Å². The Labute approximate surface area is 194 Å². The van der Waals surface area contributed by atoms with Crippen LogP contribution in [-0.2, 0) is 16.2 Å². The number of hydrogen-bond acceptors (Lipinski definition) is 5. The van der Waals surface area contributed by atoms with Gasteiger partial charge < -0.3 is 9.47 Å². The fraction of sp³-hybridized carbons (Fsp3) is 0.125. The fourth-order valence-electron chi connectivity index (χ4n) is 3.34. The van der Waals surface area contributed by atoms with E-state index in [1.165, 1.54) is 44.5 Å². The highest BCUT2D eigenvalue weighted by atomic mass is 32.2. The van der Waals surface area contributed by atoms with Gasteiger partial charge in [0.25, 0.3) is 0 Å².